The highest BCUT2D eigenvalue weighted by Crippen LogP contribution is 2.34. The van der Waals surface area contributed by atoms with Crippen molar-refractivity contribution in [2.75, 3.05) is 18.0 Å². The number of aromatic nitrogens is 2. The van der Waals surface area contributed by atoms with Crippen LogP contribution >= 0.6 is 0 Å². The zero-order valence-electron chi connectivity index (χ0n) is 10.2. The molecule has 1 N–H and O–H groups in total. The molecule has 0 aromatic carbocycles. The number of alkyl halides is 3. The first-order valence-corrected chi connectivity index (χ1v) is 6.01. The SMILES string of the molecule is O=C(O)N1CC2CC1CN2c1ncc(C(F)(F)F)cn1. The fourth-order valence-corrected chi connectivity index (χ4v) is 2.76. The Morgan fingerprint density at radius 2 is 1.90 bits per heavy atom. The van der Waals surface area contributed by atoms with Gasteiger partial charge in [0.2, 0.25) is 5.95 Å². The summed E-state index contributed by atoms with van der Waals surface area (Å²) < 4.78 is 37.3. The fourth-order valence-electron chi connectivity index (χ4n) is 2.76. The second kappa shape index (κ2) is 4.22. The average Bonchev–Trinajstić information content (AvgIpc) is 2.97. The molecule has 1 aromatic rings. The summed E-state index contributed by atoms with van der Waals surface area (Å²) in [5.74, 6) is 0.218. The molecular weight excluding hydrogens is 277 g/mol. The first kappa shape index (κ1) is 12.9. The molecule has 2 aliphatic rings. The number of hydrogen-bond acceptors (Lipinski definition) is 4. The van der Waals surface area contributed by atoms with E-state index in [1.165, 1.54) is 4.90 Å². The highest BCUT2D eigenvalue weighted by atomic mass is 19.4. The Balaban J connectivity index is 1.75. The second-order valence-electron chi connectivity index (χ2n) is 4.90. The molecule has 3 rings (SSSR count). The summed E-state index contributed by atoms with van der Waals surface area (Å²) in [6, 6.07) is -0.198. The number of piperazine rings is 1. The molecule has 1 amide bonds. The Kier molecular flexibility index (Phi) is 2.73. The number of carboxylic acid groups (broad SMARTS) is 1. The maximum absolute atomic E-state index is 12.4. The summed E-state index contributed by atoms with van der Waals surface area (Å²) in [7, 11) is 0. The molecular formula is C11H11F3N4O2. The molecule has 0 aliphatic carbocycles. The first-order valence-electron chi connectivity index (χ1n) is 6.01. The molecule has 0 spiro atoms. The zero-order chi connectivity index (χ0) is 14.5. The molecule has 9 heteroatoms. The Morgan fingerprint density at radius 3 is 2.35 bits per heavy atom. The van der Waals surface area contributed by atoms with Gasteiger partial charge in [-0.2, -0.15) is 13.2 Å². The van der Waals surface area contributed by atoms with E-state index in [0.29, 0.717) is 19.5 Å². The molecule has 20 heavy (non-hydrogen) atoms. The molecule has 108 valence electrons. The molecule has 0 radical (unpaired) electrons. The smallest absolute Gasteiger partial charge is 0.419 e. The maximum Gasteiger partial charge on any atom is 0.419 e. The molecule has 2 fully saturated rings. The van der Waals surface area contributed by atoms with Crippen LogP contribution in [0.2, 0.25) is 0 Å². The number of rotatable bonds is 1. The largest absolute Gasteiger partial charge is 0.465 e. The van der Waals surface area contributed by atoms with Crippen molar-refractivity contribution in [2.45, 2.75) is 24.7 Å². The minimum Gasteiger partial charge on any atom is -0.465 e. The minimum absolute atomic E-state index is 0.0622. The highest BCUT2D eigenvalue weighted by molar-refractivity contribution is 5.67. The van der Waals surface area contributed by atoms with Crippen LogP contribution in [0.3, 0.4) is 0 Å². The van der Waals surface area contributed by atoms with Crippen LogP contribution in [-0.2, 0) is 6.18 Å². The Hall–Kier alpha value is -2.06. The molecule has 3 heterocycles. The maximum atomic E-state index is 12.4. The third-order valence-corrected chi connectivity index (χ3v) is 3.71. The molecule has 2 unspecified atom stereocenters. The Bertz CT molecular complexity index is 533. The van der Waals surface area contributed by atoms with E-state index in [9.17, 15) is 18.0 Å². The molecule has 2 bridgehead atoms. The van der Waals surface area contributed by atoms with Crippen molar-refractivity contribution in [1.82, 2.24) is 14.9 Å². The number of fused-ring (bicyclic) bond motifs is 2. The van der Waals surface area contributed by atoms with Gasteiger partial charge in [-0.25, -0.2) is 14.8 Å². The van der Waals surface area contributed by atoms with Gasteiger partial charge in [-0.05, 0) is 6.42 Å². The molecule has 6 nitrogen and oxygen atoms in total. The van der Waals surface area contributed by atoms with Crippen molar-refractivity contribution in [3.63, 3.8) is 0 Å². The summed E-state index contributed by atoms with van der Waals surface area (Å²) in [6.45, 7) is 0.757. The van der Waals surface area contributed by atoms with Crippen LogP contribution < -0.4 is 4.90 Å². The predicted molar refractivity (Wildman–Crippen MR) is 61.3 cm³/mol. The van der Waals surface area contributed by atoms with Gasteiger partial charge in [0.15, 0.2) is 0 Å². The van der Waals surface area contributed by atoms with Crippen LogP contribution in [0.4, 0.5) is 23.9 Å². The van der Waals surface area contributed by atoms with Gasteiger partial charge in [0.05, 0.1) is 17.6 Å². The van der Waals surface area contributed by atoms with Crippen LogP contribution in [-0.4, -0.2) is 51.2 Å². The molecule has 2 atom stereocenters. The van der Waals surface area contributed by atoms with Gasteiger partial charge in [-0.1, -0.05) is 0 Å². The van der Waals surface area contributed by atoms with Crippen molar-refractivity contribution < 1.29 is 23.1 Å². The van der Waals surface area contributed by atoms with E-state index in [0.717, 1.165) is 12.4 Å². The summed E-state index contributed by atoms with van der Waals surface area (Å²) in [5, 5.41) is 8.97. The van der Waals surface area contributed by atoms with Crippen molar-refractivity contribution >= 4 is 12.0 Å². The van der Waals surface area contributed by atoms with Crippen LogP contribution in [0.1, 0.15) is 12.0 Å². The third kappa shape index (κ3) is 2.02. The monoisotopic (exact) mass is 288 g/mol. The van der Waals surface area contributed by atoms with Crippen LogP contribution in [0.25, 0.3) is 0 Å². The average molecular weight is 288 g/mol. The van der Waals surface area contributed by atoms with Gasteiger partial charge < -0.3 is 14.9 Å². The van der Waals surface area contributed by atoms with Crippen LogP contribution in [0.5, 0.6) is 0 Å². The quantitative estimate of drug-likeness (QED) is 0.846. The summed E-state index contributed by atoms with van der Waals surface area (Å²) in [4.78, 5) is 21.6. The van der Waals surface area contributed by atoms with Gasteiger partial charge in [-0.3, -0.25) is 0 Å². The molecule has 0 saturated carbocycles. The predicted octanol–water partition coefficient (Wildman–Crippen LogP) is 1.44. The van der Waals surface area contributed by atoms with Gasteiger partial charge in [0, 0.05) is 25.5 Å². The topological polar surface area (TPSA) is 69.6 Å². The van der Waals surface area contributed by atoms with E-state index in [2.05, 4.69) is 9.97 Å². The number of carbonyl (C=O) groups is 1. The van der Waals surface area contributed by atoms with Gasteiger partial charge in [-0.15, -0.1) is 0 Å². The fraction of sp³-hybridized carbons (Fsp3) is 0.545. The van der Waals surface area contributed by atoms with Crippen molar-refractivity contribution in [1.29, 1.82) is 0 Å². The second-order valence-corrected chi connectivity index (χ2v) is 4.90. The van der Waals surface area contributed by atoms with Gasteiger partial charge in [0.25, 0.3) is 0 Å². The standard InChI is InChI=1S/C11H11F3N4O2/c12-11(13,14)6-2-15-9(16-3-6)17-4-8-1-7(17)5-18(8)10(19)20/h2-3,7-8H,1,4-5H2,(H,19,20). The molecule has 2 aliphatic heterocycles. The number of likely N-dealkylation sites (tertiary alicyclic amines) is 1. The van der Waals surface area contributed by atoms with E-state index in [1.54, 1.807) is 4.90 Å². The van der Waals surface area contributed by atoms with E-state index in [4.69, 9.17) is 5.11 Å². The molecule has 2 saturated heterocycles. The van der Waals surface area contributed by atoms with Gasteiger partial charge in [0.1, 0.15) is 0 Å². The summed E-state index contributed by atoms with van der Waals surface area (Å²) in [5.41, 5.74) is -0.891. The number of hydrogen-bond donors (Lipinski definition) is 1. The van der Waals surface area contributed by atoms with Crippen molar-refractivity contribution in [3.05, 3.63) is 18.0 Å². The number of halogens is 3. The van der Waals surface area contributed by atoms with Crippen molar-refractivity contribution in [2.24, 2.45) is 0 Å². The number of anilines is 1. The number of nitrogens with zero attached hydrogens (tertiary/aromatic N) is 4. The third-order valence-electron chi connectivity index (χ3n) is 3.71. The van der Waals surface area contributed by atoms with E-state index in [-0.39, 0.29) is 18.0 Å². The zero-order valence-corrected chi connectivity index (χ0v) is 10.2. The van der Waals surface area contributed by atoms with E-state index < -0.39 is 17.8 Å². The highest BCUT2D eigenvalue weighted by Gasteiger charge is 2.46. The van der Waals surface area contributed by atoms with Crippen LogP contribution in [0, 0.1) is 0 Å². The Morgan fingerprint density at radius 1 is 1.25 bits per heavy atom. The lowest BCUT2D eigenvalue weighted by atomic mass is 10.2. The minimum atomic E-state index is -4.46. The van der Waals surface area contributed by atoms with E-state index >= 15 is 0 Å². The van der Waals surface area contributed by atoms with Crippen molar-refractivity contribution in [3.8, 4) is 0 Å². The first-order chi connectivity index (χ1) is 9.36. The lowest BCUT2D eigenvalue weighted by Gasteiger charge is -2.32. The summed E-state index contributed by atoms with van der Waals surface area (Å²) in [6.07, 6.45) is -3.25. The van der Waals surface area contributed by atoms with E-state index in [1.807, 2.05) is 0 Å². The van der Waals surface area contributed by atoms with Crippen LogP contribution in [0.15, 0.2) is 12.4 Å². The lowest BCUT2D eigenvalue weighted by molar-refractivity contribution is -0.138. The normalized spacial score (nSPS) is 25.4. The summed E-state index contributed by atoms with van der Waals surface area (Å²) >= 11 is 0. The lowest BCUT2D eigenvalue weighted by Crippen LogP contribution is -2.48. The Labute approximate surface area is 111 Å². The number of amides is 1. The van der Waals surface area contributed by atoms with Gasteiger partial charge >= 0.3 is 12.3 Å². The molecule has 1 aromatic heterocycles.